The lowest BCUT2D eigenvalue weighted by Gasteiger charge is -2.18. The van der Waals surface area contributed by atoms with Crippen LogP contribution in [0.4, 0.5) is 0 Å². The van der Waals surface area contributed by atoms with E-state index in [-0.39, 0.29) is 0 Å². The van der Waals surface area contributed by atoms with Crippen LogP contribution in [0.15, 0.2) is 0 Å². The Morgan fingerprint density at radius 3 is 2.71 bits per heavy atom. The van der Waals surface area contributed by atoms with E-state index in [9.17, 15) is 8.42 Å². The zero-order valence-electron chi connectivity index (χ0n) is 8.99. The Balaban J connectivity index is 2.47. The Bertz CT molecular complexity index is 258. The van der Waals surface area contributed by atoms with E-state index in [2.05, 4.69) is 5.32 Å². The fourth-order valence-corrected chi connectivity index (χ4v) is 3.33. The van der Waals surface area contributed by atoms with Gasteiger partial charge in [-0.25, -0.2) is 12.7 Å². The minimum atomic E-state index is -3.01. The van der Waals surface area contributed by atoms with E-state index in [4.69, 9.17) is 0 Å². The monoisotopic (exact) mass is 220 g/mol. The Labute approximate surface area is 86.7 Å². The number of sulfonamides is 1. The van der Waals surface area contributed by atoms with Crippen molar-refractivity contribution in [1.29, 1.82) is 0 Å². The minimum Gasteiger partial charge on any atom is -0.316 e. The lowest BCUT2D eigenvalue weighted by Crippen LogP contribution is -2.33. The highest BCUT2D eigenvalue weighted by molar-refractivity contribution is 7.89. The molecule has 0 aliphatic carbocycles. The van der Waals surface area contributed by atoms with Crippen molar-refractivity contribution in [3.05, 3.63) is 0 Å². The molecule has 0 bridgehead atoms. The van der Waals surface area contributed by atoms with Crippen LogP contribution in [-0.4, -0.2) is 45.2 Å². The highest BCUT2D eigenvalue weighted by Gasteiger charge is 2.24. The second kappa shape index (κ2) is 5.09. The summed E-state index contributed by atoms with van der Waals surface area (Å²) >= 11 is 0. The summed E-state index contributed by atoms with van der Waals surface area (Å²) in [5.41, 5.74) is 0. The molecule has 1 saturated heterocycles. The first-order valence-electron chi connectivity index (χ1n) is 5.21. The summed E-state index contributed by atoms with van der Waals surface area (Å²) in [5.74, 6) is 0.607. The first kappa shape index (κ1) is 11.9. The maximum atomic E-state index is 11.8. The fourth-order valence-electron chi connectivity index (χ4n) is 1.74. The Hall–Kier alpha value is -0.130. The molecule has 1 rings (SSSR count). The van der Waals surface area contributed by atoms with E-state index < -0.39 is 10.0 Å². The van der Waals surface area contributed by atoms with Crippen molar-refractivity contribution in [3.8, 4) is 0 Å². The molecular weight excluding hydrogens is 200 g/mol. The summed E-state index contributed by atoms with van der Waals surface area (Å²) in [4.78, 5) is 0. The van der Waals surface area contributed by atoms with Gasteiger partial charge in [-0.1, -0.05) is 6.92 Å². The van der Waals surface area contributed by atoms with Crippen LogP contribution in [0, 0.1) is 5.92 Å². The number of rotatable bonds is 5. The molecule has 0 aromatic carbocycles. The zero-order chi connectivity index (χ0) is 10.6. The summed E-state index contributed by atoms with van der Waals surface area (Å²) in [6.07, 6.45) is 1.86. The van der Waals surface area contributed by atoms with Crippen LogP contribution in [0.3, 0.4) is 0 Å². The highest BCUT2D eigenvalue weighted by atomic mass is 32.2. The van der Waals surface area contributed by atoms with Gasteiger partial charge in [0.1, 0.15) is 0 Å². The molecule has 84 valence electrons. The molecule has 0 saturated carbocycles. The van der Waals surface area contributed by atoms with Crippen LogP contribution in [0.1, 0.15) is 19.8 Å². The molecule has 0 aromatic heterocycles. The molecule has 0 radical (unpaired) electrons. The number of nitrogens with zero attached hydrogens (tertiary/aromatic N) is 1. The molecule has 1 aliphatic rings. The second-order valence-electron chi connectivity index (χ2n) is 3.96. The molecule has 1 heterocycles. The smallest absolute Gasteiger partial charge is 0.214 e. The first-order valence-corrected chi connectivity index (χ1v) is 6.82. The average Bonchev–Trinajstić information content (AvgIpc) is 2.56. The standard InChI is InChI=1S/C9H20N2O2S/c1-3-6-11(2)14(12,13)8-9-4-5-10-7-9/h9-10H,3-8H2,1-2H3. The predicted octanol–water partition coefficient (Wildman–Crippen LogP) is 0.267. The van der Waals surface area contributed by atoms with E-state index >= 15 is 0 Å². The summed E-state index contributed by atoms with van der Waals surface area (Å²) in [6.45, 7) is 4.42. The van der Waals surface area contributed by atoms with Crippen LogP contribution in [0.2, 0.25) is 0 Å². The predicted molar refractivity (Wildman–Crippen MR) is 57.7 cm³/mol. The van der Waals surface area contributed by atoms with Crippen LogP contribution in [0.25, 0.3) is 0 Å². The largest absolute Gasteiger partial charge is 0.316 e. The summed E-state index contributed by atoms with van der Waals surface area (Å²) in [5, 5.41) is 3.18. The third-order valence-corrected chi connectivity index (χ3v) is 4.65. The first-order chi connectivity index (χ1) is 6.56. The van der Waals surface area contributed by atoms with Crippen LogP contribution in [0.5, 0.6) is 0 Å². The lowest BCUT2D eigenvalue weighted by molar-refractivity contribution is 0.458. The van der Waals surface area contributed by atoms with E-state index in [0.717, 1.165) is 25.9 Å². The summed E-state index contributed by atoms with van der Waals surface area (Å²) in [7, 11) is -1.34. The fraction of sp³-hybridized carbons (Fsp3) is 1.00. The van der Waals surface area contributed by atoms with Gasteiger partial charge >= 0.3 is 0 Å². The van der Waals surface area contributed by atoms with Gasteiger partial charge in [-0.15, -0.1) is 0 Å². The SMILES string of the molecule is CCCN(C)S(=O)(=O)CC1CCNC1. The van der Waals surface area contributed by atoms with Crippen molar-refractivity contribution < 1.29 is 8.42 Å². The van der Waals surface area contributed by atoms with Gasteiger partial charge in [0.2, 0.25) is 10.0 Å². The molecule has 1 atom stereocenters. The molecule has 0 aromatic rings. The maximum absolute atomic E-state index is 11.8. The van der Waals surface area contributed by atoms with E-state index in [1.54, 1.807) is 7.05 Å². The van der Waals surface area contributed by atoms with Crippen LogP contribution >= 0.6 is 0 Å². The van der Waals surface area contributed by atoms with E-state index in [1.165, 1.54) is 4.31 Å². The Morgan fingerprint density at radius 2 is 2.21 bits per heavy atom. The van der Waals surface area contributed by atoms with Crippen molar-refractivity contribution in [3.63, 3.8) is 0 Å². The van der Waals surface area contributed by atoms with E-state index in [0.29, 0.717) is 18.2 Å². The van der Waals surface area contributed by atoms with Gasteiger partial charge in [0.05, 0.1) is 5.75 Å². The van der Waals surface area contributed by atoms with E-state index in [1.807, 2.05) is 6.92 Å². The molecule has 14 heavy (non-hydrogen) atoms. The Morgan fingerprint density at radius 1 is 1.50 bits per heavy atom. The molecule has 0 amide bonds. The molecule has 1 aliphatic heterocycles. The normalized spacial score (nSPS) is 23.2. The zero-order valence-corrected chi connectivity index (χ0v) is 9.81. The van der Waals surface area contributed by atoms with Gasteiger partial charge in [-0.2, -0.15) is 0 Å². The topological polar surface area (TPSA) is 49.4 Å². The lowest BCUT2D eigenvalue weighted by atomic mass is 10.2. The molecule has 1 fully saturated rings. The quantitative estimate of drug-likeness (QED) is 0.723. The van der Waals surface area contributed by atoms with Crippen molar-refractivity contribution in [2.45, 2.75) is 19.8 Å². The third kappa shape index (κ3) is 3.22. The summed E-state index contributed by atoms with van der Waals surface area (Å²) in [6, 6.07) is 0. The van der Waals surface area contributed by atoms with Gasteiger partial charge in [-0.3, -0.25) is 0 Å². The number of hydrogen-bond donors (Lipinski definition) is 1. The highest BCUT2D eigenvalue weighted by Crippen LogP contribution is 2.12. The number of hydrogen-bond acceptors (Lipinski definition) is 3. The molecular formula is C9H20N2O2S. The molecule has 4 nitrogen and oxygen atoms in total. The van der Waals surface area contributed by atoms with Crippen molar-refractivity contribution >= 4 is 10.0 Å². The Kier molecular flexibility index (Phi) is 4.34. The molecule has 1 unspecified atom stereocenters. The van der Waals surface area contributed by atoms with Gasteiger partial charge < -0.3 is 5.32 Å². The van der Waals surface area contributed by atoms with Gasteiger partial charge in [0, 0.05) is 13.6 Å². The second-order valence-corrected chi connectivity index (χ2v) is 6.08. The molecule has 5 heteroatoms. The number of nitrogens with one attached hydrogen (secondary N) is 1. The third-order valence-electron chi connectivity index (χ3n) is 2.62. The van der Waals surface area contributed by atoms with Gasteiger partial charge in [0.15, 0.2) is 0 Å². The summed E-state index contributed by atoms with van der Waals surface area (Å²) < 4.78 is 25.0. The van der Waals surface area contributed by atoms with Crippen molar-refractivity contribution in [2.75, 3.05) is 32.4 Å². The molecule has 0 spiro atoms. The van der Waals surface area contributed by atoms with Gasteiger partial charge in [-0.05, 0) is 31.8 Å². The van der Waals surface area contributed by atoms with Crippen LogP contribution < -0.4 is 5.32 Å². The van der Waals surface area contributed by atoms with Crippen LogP contribution in [-0.2, 0) is 10.0 Å². The van der Waals surface area contributed by atoms with Crippen molar-refractivity contribution in [2.24, 2.45) is 5.92 Å². The van der Waals surface area contributed by atoms with Crippen molar-refractivity contribution in [1.82, 2.24) is 9.62 Å². The minimum absolute atomic E-state index is 0.302. The average molecular weight is 220 g/mol. The maximum Gasteiger partial charge on any atom is 0.214 e. The van der Waals surface area contributed by atoms with Gasteiger partial charge in [0.25, 0.3) is 0 Å². The molecule has 1 N–H and O–H groups in total.